The first-order valence-electron chi connectivity index (χ1n) is 7.05. The predicted octanol–water partition coefficient (Wildman–Crippen LogP) is 3.26. The fourth-order valence-corrected chi connectivity index (χ4v) is 2.21. The zero-order chi connectivity index (χ0) is 14.0. The Morgan fingerprint density at radius 3 is 2.28 bits per heavy atom. The van der Waals surface area contributed by atoms with Gasteiger partial charge in [-0.1, -0.05) is 34.6 Å². The van der Waals surface area contributed by atoms with Gasteiger partial charge in [-0.2, -0.15) is 0 Å². The second-order valence-corrected chi connectivity index (χ2v) is 7.53. The van der Waals surface area contributed by atoms with Crippen LogP contribution in [0.15, 0.2) is 0 Å². The summed E-state index contributed by atoms with van der Waals surface area (Å²) in [5.41, 5.74) is 6.36. The van der Waals surface area contributed by atoms with Crippen LogP contribution >= 0.6 is 0 Å². The van der Waals surface area contributed by atoms with E-state index in [1.54, 1.807) is 0 Å². The Labute approximate surface area is 111 Å². The molecule has 0 aliphatic heterocycles. The lowest BCUT2D eigenvalue weighted by atomic mass is 9.76. The molecule has 2 N–H and O–H groups in total. The first-order chi connectivity index (χ1) is 8.10. The van der Waals surface area contributed by atoms with Gasteiger partial charge in [0.25, 0.3) is 0 Å². The Morgan fingerprint density at radius 2 is 1.83 bits per heavy atom. The average molecular weight is 255 g/mol. The molecule has 1 aliphatic carbocycles. The minimum atomic E-state index is -0.137. The van der Waals surface area contributed by atoms with Crippen molar-refractivity contribution < 1.29 is 9.53 Å². The predicted molar refractivity (Wildman–Crippen MR) is 74.2 cm³/mol. The molecule has 1 aliphatic rings. The fraction of sp³-hybridized carbons (Fsp3) is 0.933. The normalized spacial score (nSPS) is 22.6. The Morgan fingerprint density at radius 1 is 1.33 bits per heavy atom. The summed E-state index contributed by atoms with van der Waals surface area (Å²) in [6, 6.07) is -0.134. The van der Waals surface area contributed by atoms with Crippen LogP contribution in [0.3, 0.4) is 0 Å². The quantitative estimate of drug-likeness (QED) is 0.787. The van der Waals surface area contributed by atoms with Crippen molar-refractivity contribution in [2.24, 2.45) is 16.6 Å². The SMILES string of the molecule is CC1(C)CCC(OC(=O)CC(N)C(C)(C)C)CC1. The van der Waals surface area contributed by atoms with Crippen LogP contribution < -0.4 is 5.73 Å². The van der Waals surface area contributed by atoms with Gasteiger partial charge in [-0.3, -0.25) is 4.79 Å². The molecule has 0 aromatic carbocycles. The summed E-state index contributed by atoms with van der Waals surface area (Å²) in [6.07, 6.45) is 4.68. The molecule has 1 saturated carbocycles. The monoisotopic (exact) mass is 255 g/mol. The van der Waals surface area contributed by atoms with Crippen molar-refractivity contribution in [2.45, 2.75) is 78.9 Å². The molecule has 0 radical (unpaired) electrons. The van der Waals surface area contributed by atoms with Gasteiger partial charge in [-0.05, 0) is 36.5 Å². The third-order valence-electron chi connectivity index (χ3n) is 4.08. The number of nitrogens with two attached hydrogens (primary N) is 1. The van der Waals surface area contributed by atoms with Gasteiger partial charge in [0.05, 0.1) is 6.42 Å². The van der Waals surface area contributed by atoms with Crippen LogP contribution in [-0.2, 0) is 9.53 Å². The van der Waals surface area contributed by atoms with E-state index >= 15 is 0 Å². The van der Waals surface area contributed by atoms with Crippen molar-refractivity contribution >= 4 is 5.97 Å². The van der Waals surface area contributed by atoms with Crippen molar-refractivity contribution in [3.8, 4) is 0 Å². The summed E-state index contributed by atoms with van der Waals surface area (Å²) in [5.74, 6) is -0.137. The van der Waals surface area contributed by atoms with Crippen molar-refractivity contribution in [1.82, 2.24) is 0 Å². The first-order valence-corrected chi connectivity index (χ1v) is 7.05. The zero-order valence-corrected chi connectivity index (χ0v) is 12.6. The molecule has 1 fully saturated rings. The van der Waals surface area contributed by atoms with Crippen LogP contribution in [0, 0.1) is 10.8 Å². The number of hydrogen-bond donors (Lipinski definition) is 1. The van der Waals surface area contributed by atoms with Gasteiger partial charge >= 0.3 is 5.97 Å². The molecular formula is C15H29NO2. The van der Waals surface area contributed by atoms with Gasteiger partial charge in [0.1, 0.15) is 6.10 Å². The van der Waals surface area contributed by atoms with Gasteiger partial charge in [0.2, 0.25) is 0 Å². The molecule has 1 rings (SSSR count). The minimum Gasteiger partial charge on any atom is -0.462 e. The van der Waals surface area contributed by atoms with E-state index in [1.165, 1.54) is 0 Å². The van der Waals surface area contributed by atoms with Gasteiger partial charge in [0.15, 0.2) is 0 Å². The van der Waals surface area contributed by atoms with Crippen LogP contribution in [0.1, 0.15) is 66.7 Å². The van der Waals surface area contributed by atoms with Crippen molar-refractivity contribution in [2.75, 3.05) is 0 Å². The van der Waals surface area contributed by atoms with E-state index in [0.29, 0.717) is 11.8 Å². The summed E-state index contributed by atoms with van der Waals surface area (Å²) < 4.78 is 5.53. The summed E-state index contributed by atoms with van der Waals surface area (Å²) in [5, 5.41) is 0. The standard InChI is InChI=1S/C15H29NO2/c1-14(2,3)12(16)10-13(17)18-11-6-8-15(4,5)9-7-11/h11-12H,6-10,16H2,1-5H3. The molecule has 3 heteroatoms. The number of rotatable bonds is 3. The highest BCUT2D eigenvalue weighted by molar-refractivity contribution is 5.70. The van der Waals surface area contributed by atoms with Crippen LogP contribution in [0.5, 0.6) is 0 Å². The molecule has 0 aromatic heterocycles. The molecular weight excluding hydrogens is 226 g/mol. The molecule has 0 bridgehead atoms. The third kappa shape index (κ3) is 4.97. The number of carbonyl (C=O) groups is 1. The summed E-state index contributed by atoms with van der Waals surface area (Å²) >= 11 is 0. The van der Waals surface area contributed by atoms with E-state index in [2.05, 4.69) is 13.8 Å². The molecule has 0 saturated heterocycles. The average Bonchev–Trinajstić information content (AvgIpc) is 2.19. The zero-order valence-electron chi connectivity index (χ0n) is 12.6. The molecule has 18 heavy (non-hydrogen) atoms. The Bertz CT molecular complexity index is 281. The number of carbonyl (C=O) groups excluding carboxylic acids is 1. The lowest BCUT2D eigenvalue weighted by Crippen LogP contribution is -2.38. The van der Waals surface area contributed by atoms with Crippen molar-refractivity contribution in [3.63, 3.8) is 0 Å². The van der Waals surface area contributed by atoms with Gasteiger partial charge in [0, 0.05) is 6.04 Å². The number of hydrogen-bond acceptors (Lipinski definition) is 3. The van der Waals surface area contributed by atoms with Crippen molar-refractivity contribution in [1.29, 1.82) is 0 Å². The smallest absolute Gasteiger partial charge is 0.307 e. The van der Waals surface area contributed by atoms with Crippen molar-refractivity contribution in [3.05, 3.63) is 0 Å². The molecule has 0 aromatic rings. The van der Waals surface area contributed by atoms with E-state index < -0.39 is 0 Å². The maximum absolute atomic E-state index is 11.8. The first kappa shape index (κ1) is 15.5. The van der Waals surface area contributed by atoms with E-state index in [1.807, 2.05) is 20.8 Å². The van der Waals surface area contributed by atoms with Gasteiger partial charge in [-0.15, -0.1) is 0 Å². The summed E-state index contributed by atoms with van der Waals surface area (Å²) in [4.78, 5) is 11.8. The molecule has 0 amide bonds. The largest absolute Gasteiger partial charge is 0.462 e. The lowest BCUT2D eigenvalue weighted by molar-refractivity contribution is -0.152. The Kier molecular flexibility index (Phi) is 4.82. The second kappa shape index (κ2) is 5.60. The molecule has 0 spiro atoms. The van der Waals surface area contributed by atoms with Crippen LogP contribution in [-0.4, -0.2) is 18.1 Å². The van der Waals surface area contributed by atoms with Crippen LogP contribution in [0.25, 0.3) is 0 Å². The Balaban J connectivity index is 2.34. The Hall–Kier alpha value is -0.570. The van der Waals surface area contributed by atoms with Gasteiger partial charge in [-0.25, -0.2) is 0 Å². The number of esters is 1. The molecule has 106 valence electrons. The maximum Gasteiger partial charge on any atom is 0.307 e. The molecule has 3 nitrogen and oxygen atoms in total. The highest BCUT2D eigenvalue weighted by Gasteiger charge is 2.30. The van der Waals surface area contributed by atoms with Crippen LogP contribution in [0.4, 0.5) is 0 Å². The van der Waals surface area contributed by atoms with E-state index in [4.69, 9.17) is 10.5 Å². The second-order valence-electron chi connectivity index (χ2n) is 7.53. The molecule has 0 heterocycles. The number of ether oxygens (including phenoxy) is 1. The molecule has 1 unspecified atom stereocenters. The lowest BCUT2D eigenvalue weighted by Gasteiger charge is -2.34. The summed E-state index contributed by atoms with van der Waals surface area (Å²) in [7, 11) is 0. The highest BCUT2D eigenvalue weighted by atomic mass is 16.5. The minimum absolute atomic E-state index is 0.0480. The van der Waals surface area contributed by atoms with Gasteiger partial charge < -0.3 is 10.5 Å². The van der Waals surface area contributed by atoms with E-state index in [9.17, 15) is 4.79 Å². The molecule has 1 atom stereocenters. The maximum atomic E-state index is 11.8. The van der Waals surface area contributed by atoms with E-state index in [0.717, 1.165) is 25.7 Å². The third-order valence-corrected chi connectivity index (χ3v) is 4.08. The highest BCUT2D eigenvalue weighted by Crippen LogP contribution is 2.36. The summed E-state index contributed by atoms with van der Waals surface area (Å²) in [6.45, 7) is 10.7. The fourth-order valence-electron chi connectivity index (χ4n) is 2.21. The van der Waals surface area contributed by atoms with E-state index in [-0.39, 0.29) is 23.5 Å². The topological polar surface area (TPSA) is 52.3 Å². The van der Waals surface area contributed by atoms with Crippen LogP contribution in [0.2, 0.25) is 0 Å².